The Labute approximate surface area is 158 Å². The third-order valence-electron chi connectivity index (χ3n) is 4.28. The molecule has 0 unspecified atom stereocenters. The lowest BCUT2D eigenvalue weighted by atomic mass is 10.2. The molecular formula is C19H21Cl2N3O. The summed E-state index contributed by atoms with van der Waals surface area (Å²) in [7, 11) is 0. The molecule has 1 fully saturated rings. The highest BCUT2D eigenvalue weighted by Gasteiger charge is 2.19. The number of carbonyl (C=O) groups is 1. The molecule has 2 aromatic rings. The molecule has 2 aromatic carbocycles. The summed E-state index contributed by atoms with van der Waals surface area (Å²) in [5.41, 5.74) is 1.88. The monoisotopic (exact) mass is 377 g/mol. The first-order valence-corrected chi connectivity index (χ1v) is 9.09. The van der Waals surface area contributed by atoms with Crippen molar-refractivity contribution in [3.63, 3.8) is 0 Å². The zero-order valence-corrected chi connectivity index (χ0v) is 15.4. The number of rotatable bonds is 5. The number of benzene rings is 2. The zero-order chi connectivity index (χ0) is 17.6. The number of piperazine rings is 1. The Morgan fingerprint density at radius 3 is 2.40 bits per heavy atom. The van der Waals surface area contributed by atoms with Gasteiger partial charge in [-0.15, -0.1) is 0 Å². The number of halogens is 2. The molecule has 1 aliphatic heterocycles. The zero-order valence-electron chi connectivity index (χ0n) is 13.9. The van der Waals surface area contributed by atoms with E-state index in [2.05, 4.69) is 21.2 Å². The molecule has 1 saturated heterocycles. The Morgan fingerprint density at radius 1 is 0.960 bits per heavy atom. The Balaban J connectivity index is 1.44. The summed E-state index contributed by atoms with van der Waals surface area (Å²) in [4.78, 5) is 16.8. The van der Waals surface area contributed by atoms with Crippen LogP contribution in [0.2, 0.25) is 10.0 Å². The SMILES string of the molecule is O=C(CN1CCN(Cc2cccc(Cl)c2)CC1)Nc1ccccc1Cl. The van der Waals surface area contributed by atoms with Crippen LogP contribution < -0.4 is 5.32 Å². The standard InChI is InChI=1S/C19H21Cl2N3O/c20-16-5-3-4-15(12-16)13-23-8-10-24(11-9-23)14-19(25)22-18-7-2-1-6-17(18)21/h1-7,12H,8-11,13-14H2,(H,22,25). The minimum absolute atomic E-state index is 0.0311. The normalized spacial score (nSPS) is 15.9. The van der Waals surface area contributed by atoms with Crippen molar-refractivity contribution >= 4 is 34.8 Å². The van der Waals surface area contributed by atoms with E-state index in [0.29, 0.717) is 17.3 Å². The van der Waals surface area contributed by atoms with Crippen LogP contribution >= 0.6 is 23.2 Å². The quantitative estimate of drug-likeness (QED) is 0.861. The van der Waals surface area contributed by atoms with Gasteiger partial charge in [-0.05, 0) is 29.8 Å². The van der Waals surface area contributed by atoms with E-state index in [1.165, 1.54) is 5.56 Å². The van der Waals surface area contributed by atoms with Crippen LogP contribution in [0.25, 0.3) is 0 Å². The van der Waals surface area contributed by atoms with Crippen molar-refractivity contribution in [2.45, 2.75) is 6.54 Å². The maximum atomic E-state index is 12.2. The molecule has 6 heteroatoms. The number of hydrogen-bond donors (Lipinski definition) is 1. The molecule has 0 atom stereocenters. The maximum absolute atomic E-state index is 12.2. The Hall–Kier alpha value is -1.59. The highest BCUT2D eigenvalue weighted by molar-refractivity contribution is 6.33. The Morgan fingerprint density at radius 2 is 1.68 bits per heavy atom. The smallest absolute Gasteiger partial charge is 0.238 e. The lowest BCUT2D eigenvalue weighted by Gasteiger charge is -2.34. The molecular weight excluding hydrogens is 357 g/mol. The van der Waals surface area contributed by atoms with Gasteiger partial charge in [0.15, 0.2) is 0 Å². The number of nitrogens with zero attached hydrogens (tertiary/aromatic N) is 2. The van der Waals surface area contributed by atoms with E-state index in [9.17, 15) is 4.79 Å². The van der Waals surface area contributed by atoms with Crippen molar-refractivity contribution in [3.05, 3.63) is 64.1 Å². The van der Waals surface area contributed by atoms with E-state index in [1.807, 2.05) is 36.4 Å². The second-order valence-corrected chi connectivity index (χ2v) is 7.05. The highest BCUT2D eigenvalue weighted by Crippen LogP contribution is 2.20. The van der Waals surface area contributed by atoms with Gasteiger partial charge in [-0.25, -0.2) is 0 Å². The first-order valence-electron chi connectivity index (χ1n) is 8.34. The molecule has 0 aromatic heterocycles. The van der Waals surface area contributed by atoms with E-state index in [-0.39, 0.29) is 5.91 Å². The second-order valence-electron chi connectivity index (χ2n) is 6.21. The van der Waals surface area contributed by atoms with E-state index < -0.39 is 0 Å². The summed E-state index contributed by atoms with van der Waals surface area (Å²) >= 11 is 12.1. The number of nitrogens with one attached hydrogen (secondary N) is 1. The lowest BCUT2D eigenvalue weighted by Crippen LogP contribution is -2.48. The Kier molecular flexibility index (Phi) is 6.32. The summed E-state index contributed by atoms with van der Waals surface area (Å²) in [6.07, 6.45) is 0. The van der Waals surface area contributed by atoms with Gasteiger partial charge in [-0.2, -0.15) is 0 Å². The molecule has 0 aliphatic carbocycles. The molecule has 0 saturated carbocycles. The van der Waals surface area contributed by atoms with Crippen LogP contribution in [0.4, 0.5) is 5.69 Å². The molecule has 1 N–H and O–H groups in total. The predicted octanol–water partition coefficient (Wildman–Crippen LogP) is 3.75. The first kappa shape index (κ1) is 18.2. The molecule has 1 aliphatic rings. The van der Waals surface area contributed by atoms with Crippen molar-refractivity contribution in [1.29, 1.82) is 0 Å². The molecule has 0 bridgehead atoms. The topological polar surface area (TPSA) is 35.6 Å². The summed E-state index contributed by atoms with van der Waals surface area (Å²) in [5, 5.41) is 4.20. The minimum Gasteiger partial charge on any atom is -0.324 e. The number of para-hydroxylation sites is 1. The fourth-order valence-electron chi connectivity index (χ4n) is 2.95. The molecule has 0 radical (unpaired) electrons. The highest BCUT2D eigenvalue weighted by atomic mass is 35.5. The fourth-order valence-corrected chi connectivity index (χ4v) is 3.35. The van der Waals surface area contributed by atoms with E-state index in [4.69, 9.17) is 23.2 Å². The van der Waals surface area contributed by atoms with Crippen LogP contribution in [0.3, 0.4) is 0 Å². The van der Waals surface area contributed by atoms with Crippen molar-refractivity contribution in [2.75, 3.05) is 38.0 Å². The number of hydrogen-bond acceptors (Lipinski definition) is 3. The third kappa shape index (κ3) is 5.44. The molecule has 1 amide bonds. The molecule has 25 heavy (non-hydrogen) atoms. The van der Waals surface area contributed by atoms with Crippen molar-refractivity contribution in [2.24, 2.45) is 0 Å². The Bertz CT molecular complexity index is 730. The van der Waals surface area contributed by atoms with Gasteiger partial charge in [0.25, 0.3) is 0 Å². The van der Waals surface area contributed by atoms with Crippen LogP contribution in [-0.4, -0.2) is 48.4 Å². The lowest BCUT2D eigenvalue weighted by molar-refractivity contribution is -0.117. The molecule has 0 spiro atoms. The van der Waals surface area contributed by atoms with Gasteiger partial charge in [-0.1, -0.05) is 47.5 Å². The second kappa shape index (κ2) is 8.68. The summed E-state index contributed by atoms with van der Waals surface area (Å²) in [6, 6.07) is 15.2. The maximum Gasteiger partial charge on any atom is 0.238 e. The van der Waals surface area contributed by atoms with Gasteiger partial charge in [0, 0.05) is 37.7 Å². The van der Waals surface area contributed by atoms with Gasteiger partial charge in [0.1, 0.15) is 0 Å². The average molecular weight is 378 g/mol. The van der Waals surface area contributed by atoms with Crippen molar-refractivity contribution in [3.8, 4) is 0 Å². The van der Waals surface area contributed by atoms with Crippen LogP contribution in [0, 0.1) is 0 Å². The first-order chi connectivity index (χ1) is 12.1. The molecule has 132 valence electrons. The van der Waals surface area contributed by atoms with Crippen LogP contribution in [0.1, 0.15) is 5.56 Å². The molecule has 1 heterocycles. The van der Waals surface area contributed by atoms with Crippen LogP contribution in [0.5, 0.6) is 0 Å². The minimum atomic E-state index is -0.0311. The molecule has 3 rings (SSSR count). The van der Waals surface area contributed by atoms with Crippen molar-refractivity contribution in [1.82, 2.24) is 9.80 Å². The summed E-state index contributed by atoms with van der Waals surface area (Å²) in [5.74, 6) is -0.0311. The largest absolute Gasteiger partial charge is 0.324 e. The van der Waals surface area contributed by atoms with Gasteiger partial charge in [0.05, 0.1) is 17.3 Å². The average Bonchev–Trinajstić information content (AvgIpc) is 2.59. The number of carbonyl (C=O) groups excluding carboxylic acids is 1. The van der Waals surface area contributed by atoms with Gasteiger partial charge < -0.3 is 5.32 Å². The van der Waals surface area contributed by atoms with Crippen LogP contribution in [0.15, 0.2) is 48.5 Å². The van der Waals surface area contributed by atoms with Crippen molar-refractivity contribution < 1.29 is 4.79 Å². The third-order valence-corrected chi connectivity index (χ3v) is 4.84. The molecule has 4 nitrogen and oxygen atoms in total. The van der Waals surface area contributed by atoms with E-state index in [0.717, 1.165) is 37.7 Å². The van der Waals surface area contributed by atoms with E-state index in [1.54, 1.807) is 6.07 Å². The summed E-state index contributed by atoms with van der Waals surface area (Å²) in [6.45, 7) is 4.89. The van der Waals surface area contributed by atoms with Gasteiger partial charge in [-0.3, -0.25) is 14.6 Å². The van der Waals surface area contributed by atoms with Gasteiger partial charge >= 0.3 is 0 Å². The predicted molar refractivity (Wildman–Crippen MR) is 103 cm³/mol. The van der Waals surface area contributed by atoms with Crippen LogP contribution in [-0.2, 0) is 11.3 Å². The fraction of sp³-hybridized carbons (Fsp3) is 0.316. The number of anilines is 1. The van der Waals surface area contributed by atoms with Gasteiger partial charge in [0.2, 0.25) is 5.91 Å². The number of amides is 1. The van der Waals surface area contributed by atoms with E-state index >= 15 is 0 Å². The summed E-state index contributed by atoms with van der Waals surface area (Å²) < 4.78 is 0.